The summed E-state index contributed by atoms with van der Waals surface area (Å²) in [4.78, 5) is 12.2. The number of ketones is 1. The van der Waals surface area contributed by atoms with E-state index in [0.717, 1.165) is 6.42 Å². The van der Waals surface area contributed by atoms with Crippen LogP contribution in [0.2, 0.25) is 0 Å². The molecule has 0 unspecified atom stereocenters. The molecule has 0 amide bonds. The first-order valence-corrected chi connectivity index (χ1v) is 6.31. The van der Waals surface area contributed by atoms with E-state index in [1.54, 1.807) is 0 Å². The zero-order valence-corrected chi connectivity index (χ0v) is 10.7. The molecule has 16 heavy (non-hydrogen) atoms. The molecular weight excluding hydrogens is 204 g/mol. The van der Waals surface area contributed by atoms with E-state index < -0.39 is 5.79 Å². The van der Waals surface area contributed by atoms with Gasteiger partial charge in [-0.25, -0.2) is 0 Å². The van der Waals surface area contributed by atoms with Gasteiger partial charge in [-0.1, -0.05) is 20.8 Å². The lowest BCUT2D eigenvalue weighted by atomic mass is 9.75. The molecule has 0 aliphatic carbocycles. The fourth-order valence-corrected chi connectivity index (χ4v) is 2.80. The molecule has 0 N–H and O–H groups in total. The molecule has 2 bridgehead atoms. The van der Waals surface area contributed by atoms with Crippen LogP contribution in [0.5, 0.6) is 0 Å². The highest BCUT2D eigenvalue weighted by molar-refractivity contribution is 5.83. The van der Waals surface area contributed by atoms with Crippen molar-refractivity contribution in [2.75, 3.05) is 13.2 Å². The average molecular weight is 226 g/mol. The SMILES string of the molecule is CC[C@@H](C)C(=O)[C@@H]1CO[C@@]2(C)OC[C@@H]1[C@@H]2C. The summed E-state index contributed by atoms with van der Waals surface area (Å²) < 4.78 is 11.4. The minimum absolute atomic E-state index is 0.0422. The van der Waals surface area contributed by atoms with Gasteiger partial charge in [-0.3, -0.25) is 4.79 Å². The summed E-state index contributed by atoms with van der Waals surface area (Å²) in [5, 5.41) is 0. The number of fused-ring (bicyclic) bond motifs is 2. The minimum atomic E-state index is -0.448. The van der Waals surface area contributed by atoms with E-state index in [0.29, 0.717) is 30.8 Å². The lowest BCUT2D eigenvalue weighted by Crippen LogP contribution is -2.46. The Bertz CT molecular complexity index is 289. The molecule has 3 nitrogen and oxygen atoms in total. The van der Waals surface area contributed by atoms with Gasteiger partial charge in [-0.2, -0.15) is 0 Å². The summed E-state index contributed by atoms with van der Waals surface area (Å²) in [6.45, 7) is 9.40. The number of carbonyl (C=O) groups is 1. The molecule has 3 heteroatoms. The highest BCUT2D eigenvalue weighted by Gasteiger charge is 2.53. The zero-order chi connectivity index (χ0) is 11.9. The normalized spacial score (nSPS) is 44.4. The molecule has 0 radical (unpaired) electrons. The summed E-state index contributed by atoms with van der Waals surface area (Å²) in [7, 11) is 0. The summed E-state index contributed by atoms with van der Waals surface area (Å²) in [5.41, 5.74) is 0. The van der Waals surface area contributed by atoms with Crippen molar-refractivity contribution >= 4 is 5.78 Å². The Hall–Kier alpha value is -0.410. The van der Waals surface area contributed by atoms with Crippen molar-refractivity contribution in [3.8, 4) is 0 Å². The van der Waals surface area contributed by atoms with Crippen molar-refractivity contribution in [3.63, 3.8) is 0 Å². The van der Waals surface area contributed by atoms with Crippen LogP contribution in [0.25, 0.3) is 0 Å². The van der Waals surface area contributed by atoms with E-state index in [1.807, 2.05) is 13.8 Å². The van der Waals surface area contributed by atoms with E-state index in [1.165, 1.54) is 0 Å². The van der Waals surface area contributed by atoms with Gasteiger partial charge in [0, 0.05) is 23.7 Å². The number of hydrogen-bond acceptors (Lipinski definition) is 3. The predicted molar refractivity (Wildman–Crippen MR) is 60.9 cm³/mol. The van der Waals surface area contributed by atoms with Gasteiger partial charge < -0.3 is 9.47 Å². The van der Waals surface area contributed by atoms with Crippen molar-refractivity contribution in [1.82, 2.24) is 0 Å². The fourth-order valence-electron chi connectivity index (χ4n) is 2.80. The molecule has 0 aromatic rings. The lowest BCUT2D eigenvalue weighted by Gasteiger charge is -2.38. The van der Waals surface area contributed by atoms with Crippen LogP contribution in [-0.2, 0) is 14.3 Å². The second-order valence-electron chi connectivity index (χ2n) is 5.41. The third-order valence-electron chi connectivity index (χ3n) is 4.56. The molecule has 2 heterocycles. The number of rotatable bonds is 3. The maximum atomic E-state index is 12.2. The van der Waals surface area contributed by atoms with Crippen molar-refractivity contribution < 1.29 is 14.3 Å². The van der Waals surface area contributed by atoms with Crippen molar-refractivity contribution in [3.05, 3.63) is 0 Å². The zero-order valence-electron chi connectivity index (χ0n) is 10.7. The second-order valence-corrected chi connectivity index (χ2v) is 5.41. The van der Waals surface area contributed by atoms with Gasteiger partial charge in [0.1, 0.15) is 5.78 Å². The van der Waals surface area contributed by atoms with E-state index in [-0.39, 0.29) is 11.8 Å². The summed E-state index contributed by atoms with van der Waals surface area (Å²) in [6, 6.07) is 0. The number of ether oxygens (including phenoxy) is 2. The summed E-state index contributed by atoms with van der Waals surface area (Å²) in [6.07, 6.45) is 0.911. The topological polar surface area (TPSA) is 35.5 Å². The van der Waals surface area contributed by atoms with Gasteiger partial charge in [0.15, 0.2) is 5.79 Å². The van der Waals surface area contributed by atoms with Crippen LogP contribution in [0.4, 0.5) is 0 Å². The van der Waals surface area contributed by atoms with E-state index in [2.05, 4.69) is 13.8 Å². The minimum Gasteiger partial charge on any atom is -0.350 e. The molecular formula is C13H22O3. The number of hydrogen-bond donors (Lipinski definition) is 0. The van der Waals surface area contributed by atoms with Gasteiger partial charge in [0.05, 0.1) is 13.2 Å². The van der Waals surface area contributed by atoms with E-state index in [4.69, 9.17) is 9.47 Å². The van der Waals surface area contributed by atoms with Crippen LogP contribution in [0.3, 0.4) is 0 Å². The molecule has 0 aromatic carbocycles. The standard InChI is InChI=1S/C13H22O3/c1-5-8(2)12(14)11-7-16-13(4)9(3)10(11)6-15-13/h8-11H,5-7H2,1-4H3/t8-,9+,10-,11-,13-/m1/s1. The van der Waals surface area contributed by atoms with Gasteiger partial charge in [0.25, 0.3) is 0 Å². The van der Waals surface area contributed by atoms with Crippen LogP contribution >= 0.6 is 0 Å². The Labute approximate surface area is 97.5 Å². The maximum absolute atomic E-state index is 12.2. The van der Waals surface area contributed by atoms with Gasteiger partial charge >= 0.3 is 0 Å². The lowest BCUT2D eigenvalue weighted by molar-refractivity contribution is -0.231. The predicted octanol–water partition coefficient (Wildman–Crippen LogP) is 2.25. The highest BCUT2D eigenvalue weighted by atomic mass is 16.7. The van der Waals surface area contributed by atoms with Crippen molar-refractivity contribution in [1.29, 1.82) is 0 Å². The first-order chi connectivity index (χ1) is 7.49. The molecule has 92 valence electrons. The Morgan fingerprint density at radius 1 is 1.44 bits per heavy atom. The maximum Gasteiger partial charge on any atom is 0.168 e. The number of Topliss-reactive ketones (excluding diaryl/α,β-unsaturated/α-hetero) is 1. The molecule has 0 saturated carbocycles. The summed E-state index contributed by atoms with van der Waals surface area (Å²) in [5.74, 6) is 0.759. The Morgan fingerprint density at radius 3 is 2.69 bits per heavy atom. The van der Waals surface area contributed by atoms with Crippen LogP contribution in [0.15, 0.2) is 0 Å². The fraction of sp³-hybridized carbons (Fsp3) is 0.923. The average Bonchev–Trinajstić information content (AvgIpc) is 2.49. The quantitative estimate of drug-likeness (QED) is 0.740. The Morgan fingerprint density at radius 2 is 2.06 bits per heavy atom. The molecule has 2 aliphatic heterocycles. The van der Waals surface area contributed by atoms with Crippen LogP contribution in [0.1, 0.15) is 34.1 Å². The Balaban J connectivity index is 2.12. The first-order valence-electron chi connectivity index (χ1n) is 6.31. The van der Waals surface area contributed by atoms with Crippen LogP contribution in [0, 0.1) is 23.7 Å². The molecule has 2 fully saturated rings. The number of carbonyl (C=O) groups excluding carboxylic acids is 1. The largest absolute Gasteiger partial charge is 0.350 e. The van der Waals surface area contributed by atoms with Gasteiger partial charge in [-0.05, 0) is 13.3 Å². The molecule has 2 saturated heterocycles. The smallest absolute Gasteiger partial charge is 0.168 e. The second kappa shape index (κ2) is 4.11. The van der Waals surface area contributed by atoms with E-state index in [9.17, 15) is 4.79 Å². The monoisotopic (exact) mass is 226 g/mol. The third kappa shape index (κ3) is 1.70. The van der Waals surface area contributed by atoms with Gasteiger partial charge in [-0.15, -0.1) is 0 Å². The van der Waals surface area contributed by atoms with Crippen molar-refractivity contribution in [2.45, 2.75) is 39.9 Å². The third-order valence-corrected chi connectivity index (χ3v) is 4.56. The molecule has 5 atom stereocenters. The van der Waals surface area contributed by atoms with E-state index >= 15 is 0 Å². The molecule has 2 aliphatic rings. The molecule has 0 spiro atoms. The van der Waals surface area contributed by atoms with Crippen molar-refractivity contribution in [2.24, 2.45) is 23.7 Å². The van der Waals surface area contributed by atoms with Gasteiger partial charge in [0.2, 0.25) is 0 Å². The molecule has 0 aromatic heterocycles. The van der Waals surface area contributed by atoms with Crippen LogP contribution in [-0.4, -0.2) is 24.8 Å². The van der Waals surface area contributed by atoms with Crippen LogP contribution < -0.4 is 0 Å². The Kier molecular flexibility index (Phi) is 3.10. The highest BCUT2D eigenvalue weighted by Crippen LogP contribution is 2.46. The molecule has 2 rings (SSSR count). The summed E-state index contributed by atoms with van der Waals surface area (Å²) >= 11 is 0. The first kappa shape index (κ1) is 12.1.